The van der Waals surface area contributed by atoms with Crippen LogP contribution in [0.2, 0.25) is 0 Å². The Morgan fingerprint density at radius 3 is 2.29 bits per heavy atom. The fourth-order valence-electron chi connectivity index (χ4n) is 5.47. The number of fused-ring (bicyclic) bond motifs is 2. The molecule has 1 aliphatic heterocycles. The third kappa shape index (κ3) is 3.64. The van der Waals surface area contributed by atoms with Crippen LogP contribution in [0.1, 0.15) is 68.7 Å². The molecule has 0 atom stereocenters. The van der Waals surface area contributed by atoms with Gasteiger partial charge in [-0.3, -0.25) is 4.79 Å². The van der Waals surface area contributed by atoms with E-state index in [4.69, 9.17) is 5.26 Å². The zero-order valence-corrected chi connectivity index (χ0v) is 19.3. The second-order valence-electron chi connectivity index (χ2n) is 10.1. The number of anilines is 1. The summed E-state index contributed by atoms with van der Waals surface area (Å²) in [7, 11) is 0. The van der Waals surface area contributed by atoms with Crippen LogP contribution in [0.25, 0.3) is 0 Å². The van der Waals surface area contributed by atoms with E-state index in [-0.39, 0.29) is 16.9 Å². The summed E-state index contributed by atoms with van der Waals surface area (Å²) in [5.74, 6) is -1.05. The van der Waals surface area contributed by atoms with Crippen molar-refractivity contribution in [3.8, 4) is 6.07 Å². The zero-order chi connectivity index (χ0) is 24.2. The Bertz CT molecular complexity index is 1380. The topological polar surface area (TPSA) is 93.4 Å². The van der Waals surface area contributed by atoms with E-state index in [0.29, 0.717) is 17.7 Å². The van der Waals surface area contributed by atoms with Crippen LogP contribution in [-0.2, 0) is 17.5 Å². The summed E-state index contributed by atoms with van der Waals surface area (Å²) in [4.78, 5) is 27.2. The first-order valence-electron chi connectivity index (χ1n) is 12.0. The molecular formula is C29H25N3O3. The molecule has 1 heterocycles. The SMILES string of the molecule is N#Cc1ccc(CN2CC3(CC3)c3cccc(C(=O)NC4(c5ccc(C(=O)O)cc5)CC4)c32)cc1. The molecule has 0 saturated heterocycles. The number of nitriles is 1. The molecule has 35 heavy (non-hydrogen) atoms. The van der Waals surface area contributed by atoms with Crippen LogP contribution < -0.4 is 10.2 Å². The van der Waals surface area contributed by atoms with Crippen molar-refractivity contribution >= 4 is 17.6 Å². The van der Waals surface area contributed by atoms with Crippen molar-refractivity contribution in [1.29, 1.82) is 5.26 Å². The maximum atomic E-state index is 13.7. The number of nitrogens with one attached hydrogen (secondary N) is 1. The monoisotopic (exact) mass is 463 g/mol. The van der Waals surface area contributed by atoms with Crippen LogP contribution in [0.15, 0.2) is 66.7 Å². The molecule has 6 nitrogen and oxygen atoms in total. The molecule has 0 unspecified atom stereocenters. The number of carboxylic acid groups (broad SMARTS) is 1. The van der Waals surface area contributed by atoms with Gasteiger partial charge in [0.15, 0.2) is 0 Å². The molecule has 2 aliphatic carbocycles. The molecule has 3 aliphatic rings. The average molecular weight is 464 g/mol. The van der Waals surface area contributed by atoms with E-state index in [0.717, 1.165) is 49.0 Å². The minimum Gasteiger partial charge on any atom is -0.478 e. The van der Waals surface area contributed by atoms with Crippen LogP contribution in [0.5, 0.6) is 0 Å². The lowest BCUT2D eigenvalue weighted by atomic mass is 9.96. The number of rotatable bonds is 6. The number of para-hydroxylation sites is 1. The van der Waals surface area contributed by atoms with Gasteiger partial charge in [0, 0.05) is 18.5 Å². The van der Waals surface area contributed by atoms with Crippen molar-refractivity contribution in [2.75, 3.05) is 11.4 Å². The number of amides is 1. The first-order valence-corrected chi connectivity index (χ1v) is 12.0. The van der Waals surface area contributed by atoms with Gasteiger partial charge in [-0.05, 0) is 72.7 Å². The van der Waals surface area contributed by atoms with E-state index in [9.17, 15) is 14.7 Å². The molecule has 2 fully saturated rings. The number of hydrogen-bond donors (Lipinski definition) is 2. The summed E-state index contributed by atoms with van der Waals surface area (Å²) < 4.78 is 0. The molecule has 3 aromatic rings. The standard InChI is InChI=1S/C29H25N3O3/c30-16-19-4-6-20(7-5-19)17-32-18-28(12-13-28)24-3-1-2-23(25(24)32)26(33)31-29(14-15-29)22-10-8-21(9-11-22)27(34)35/h1-11H,12-15,17-18H2,(H,31,33)(H,34,35). The maximum Gasteiger partial charge on any atom is 0.335 e. The van der Waals surface area contributed by atoms with Gasteiger partial charge < -0.3 is 15.3 Å². The largest absolute Gasteiger partial charge is 0.478 e. The Hall–Kier alpha value is -4.11. The Kier molecular flexibility index (Phi) is 4.72. The summed E-state index contributed by atoms with van der Waals surface area (Å²) in [5, 5.41) is 21.6. The minimum absolute atomic E-state index is 0.0933. The van der Waals surface area contributed by atoms with Crippen LogP contribution in [0.3, 0.4) is 0 Å². The highest BCUT2D eigenvalue weighted by Crippen LogP contribution is 2.57. The predicted octanol–water partition coefficient (Wildman–Crippen LogP) is 4.73. The van der Waals surface area contributed by atoms with Gasteiger partial charge in [-0.15, -0.1) is 0 Å². The summed E-state index contributed by atoms with van der Waals surface area (Å²) in [6.45, 7) is 1.58. The van der Waals surface area contributed by atoms with Gasteiger partial charge in [-0.2, -0.15) is 5.26 Å². The lowest BCUT2D eigenvalue weighted by Crippen LogP contribution is -2.36. The van der Waals surface area contributed by atoms with E-state index in [2.05, 4.69) is 22.4 Å². The number of nitrogens with zero attached hydrogens (tertiary/aromatic N) is 2. The summed E-state index contributed by atoms with van der Waals surface area (Å²) in [5.41, 5.74) is 5.60. The lowest BCUT2D eigenvalue weighted by molar-refractivity contribution is 0.0696. The zero-order valence-electron chi connectivity index (χ0n) is 19.3. The summed E-state index contributed by atoms with van der Waals surface area (Å²) in [6, 6.07) is 22.7. The van der Waals surface area contributed by atoms with Crippen molar-refractivity contribution in [3.05, 3.63) is 100 Å². The Balaban J connectivity index is 1.29. The van der Waals surface area contributed by atoms with Gasteiger partial charge in [0.25, 0.3) is 5.91 Å². The highest BCUT2D eigenvalue weighted by molar-refractivity contribution is 6.02. The quantitative estimate of drug-likeness (QED) is 0.551. The highest BCUT2D eigenvalue weighted by atomic mass is 16.4. The van der Waals surface area contributed by atoms with Crippen LogP contribution in [-0.4, -0.2) is 23.5 Å². The van der Waals surface area contributed by atoms with Crippen LogP contribution >= 0.6 is 0 Å². The van der Waals surface area contributed by atoms with Gasteiger partial charge in [0.05, 0.1) is 34.0 Å². The number of hydrogen-bond acceptors (Lipinski definition) is 4. The predicted molar refractivity (Wildman–Crippen MR) is 131 cm³/mol. The second-order valence-corrected chi connectivity index (χ2v) is 10.1. The number of benzene rings is 3. The second kappa shape index (κ2) is 7.71. The van der Waals surface area contributed by atoms with Crippen molar-refractivity contribution in [2.24, 2.45) is 0 Å². The molecule has 1 amide bonds. The minimum atomic E-state index is -0.957. The van der Waals surface area contributed by atoms with Gasteiger partial charge in [0.2, 0.25) is 0 Å². The molecule has 1 spiro atoms. The van der Waals surface area contributed by atoms with E-state index in [1.54, 1.807) is 12.1 Å². The van der Waals surface area contributed by atoms with Crippen molar-refractivity contribution < 1.29 is 14.7 Å². The summed E-state index contributed by atoms with van der Waals surface area (Å²) in [6.07, 6.45) is 3.93. The van der Waals surface area contributed by atoms with Crippen molar-refractivity contribution in [1.82, 2.24) is 5.32 Å². The molecule has 0 bridgehead atoms. The fourth-order valence-corrected chi connectivity index (χ4v) is 5.47. The molecule has 0 aromatic heterocycles. The van der Waals surface area contributed by atoms with Gasteiger partial charge in [-0.1, -0.05) is 36.4 Å². The smallest absolute Gasteiger partial charge is 0.335 e. The molecule has 6 rings (SSSR count). The normalized spacial score (nSPS) is 18.0. The molecule has 2 N–H and O–H groups in total. The molecule has 6 heteroatoms. The van der Waals surface area contributed by atoms with E-state index in [1.165, 1.54) is 5.56 Å². The molecule has 174 valence electrons. The van der Waals surface area contributed by atoms with Crippen molar-refractivity contribution in [2.45, 2.75) is 43.2 Å². The number of carboxylic acids is 1. The van der Waals surface area contributed by atoms with Gasteiger partial charge in [0.1, 0.15) is 0 Å². The molecule has 0 radical (unpaired) electrons. The molecular weight excluding hydrogens is 438 g/mol. The fraction of sp³-hybridized carbons (Fsp3) is 0.276. The Labute approximate surface area is 203 Å². The van der Waals surface area contributed by atoms with E-state index < -0.39 is 11.5 Å². The number of carbonyl (C=O) groups is 2. The Morgan fingerprint density at radius 2 is 1.69 bits per heavy atom. The van der Waals surface area contributed by atoms with Crippen LogP contribution in [0, 0.1) is 11.3 Å². The third-order valence-electron chi connectivity index (χ3n) is 7.76. The highest BCUT2D eigenvalue weighted by Gasteiger charge is 2.53. The van der Waals surface area contributed by atoms with Gasteiger partial charge in [-0.25, -0.2) is 4.79 Å². The number of carbonyl (C=O) groups excluding carboxylic acids is 1. The first kappa shape index (κ1) is 21.4. The first-order chi connectivity index (χ1) is 16.9. The summed E-state index contributed by atoms with van der Waals surface area (Å²) >= 11 is 0. The maximum absolute atomic E-state index is 13.7. The molecule has 3 aromatic carbocycles. The van der Waals surface area contributed by atoms with Crippen LogP contribution in [0.4, 0.5) is 5.69 Å². The van der Waals surface area contributed by atoms with Crippen molar-refractivity contribution in [3.63, 3.8) is 0 Å². The van der Waals surface area contributed by atoms with E-state index in [1.807, 2.05) is 48.5 Å². The average Bonchev–Trinajstić information content (AvgIpc) is 3.80. The molecule has 2 saturated carbocycles. The van der Waals surface area contributed by atoms with Gasteiger partial charge >= 0.3 is 5.97 Å². The lowest BCUT2D eigenvalue weighted by Gasteiger charge is -2.24. The van der Waals surface area contributed by atoms with E-state index >= 15 is 0 Å². The Morgan fingerprint density at radius 1 is 0.971 bits per heavy atom. The number of aromatic carboxylic acids is 1. The third-order valence-corrected chi connectivity index (χ3v) is 7.76.